The third kappa shape index (κ3) is 3.64. The van der Waals surface area contributed by atoms with Crippen LogP contribution in [-0.2, 0) is 6.54 Å². The fourth-order valence-electron chi connectivity index (χ4n) is 2.81. The van der Waals surface area contributed by atoms with E-state index in [0.29, 0.717) is 43.6 Å². The van der Waals surface area contributed by atoms with Gasteiger partial charge < -0.3 is 15.1 Å². The van der Waals surface area contributed by atoms with Crippen LogP contribution in [0.15, 0.2) is 21.7 Å². The number of piperidine rings is 1. The number of likely N-dealkylation sites (tertiary alicyclic amines) is 1. The summed E-state index contributed by atoms with van der Waals surface area (Å²) in [4.78, 5) is 40.3. The van der Waals surface area contributed by atoms with Crippen molar-refractivity contribution in [2.75, 3.05) is 13.1 Å². The Morgan fingerprint density at radius 1 is 1.17 bits per heavy atom. The van der Waals surface area contributed by atoms with Crippen LogP contribution >= 0.6 is 12.4 Å². The van der Waals surface area contributed by atoms with Crippen LogP contribution in [0.3, 0.4) is 0 Å². The molecule has 130 valence electrons. The number of nitro benzene ring substituents is 1. The highest BCUT2D eigenvalue weighted by Crippen LogP contribution is 2.25. The summed E-state index contributed by atoms with van der Waals surface area (Å²) in [5.74, 6) is 0. The van der Waals surface area contributed by atoms with E-state index in [2.05, 4.69) is 9.97 Å². The molecule has 0 amide bonds. The smallest absolute Gasteiger partial charge is 0.314 e. The molecule has 1 aromatic carbocycles. The second-order valence-corrected chi connectivity index (χ2v) is 5.70. The number of nitrogens with zero attached hydrogens (tertiary/aromatic N) is 2. The van der Waals surface area contributed by atoms with Gasteiger partial charge in [-0.3, -0.25) is 24.6 Å². The average Bonchev–Trinajstić information content (AvgIpc) is 2.50. The zero-order valence-electron chi connectivity index (χ0n) is 12.7. The van der Waals surface area contributed by atoms with E-state index < -0.39 is 16.0 Å². The summed E-state index contributed by atoms with van der Waals surface area (Å²) >= 11 is 0. The predicted molar refractivity (Wildman–Crippen MR) is 89.6 cm³/mol. The number of fused-ring (bicyclic) bond motifs is 1. The predicted octanol–water partition coefficient (Wildman–Crippen LogP) is 0.503. The molecule has 2 heterocycles. The van der Waals surface area contributed by atoms with Crippen molar-refractivity contribution >= 4 is 29.1 Å². The van der Waals surface area contributed by atoms with E-state index in [-0.39, 0.29) is 29.7 Å². The Bertz CT molecular complexity index is 870. The molecule has 1 saturated heterocycles. The fourth-order valence-corrected chi connectivity index (χ4v) is 2.81. The minimum Gasteiger partial charge on any atom is -0.393 e. The second-order valence-electron chi connectivity index (χ2n) is 5.70. The highest BCUT2D eigenvalue weighted by molar-refractivity contribution is 5.85. The number of aromatic amines is 2. The van der Waals surface area contributed by atoms with Gasteiger partial charge in [0, 0.05) is 31.3 Å². The lowest BCUT2D eigenvalue weighted by atomic mass is 10.1. The van der Waals surface area contributed by atoms with Crippen LogP contribution in [0.5, 0.6) is 0 Å². The molecule has 3 N–H and O–H groups in total. The third-order valence-corrected chi connectivity index (χ3v) is 4.07. The summed E-state index contributed by atoms with van der Waals surface area (Å²) in [6.45, 7) is 1.65. The van der Waals surface area contributed by atoms with Gasteiger partial charge in [-0.1, -0.05) is 0 Å². The molecule has 1 fully saturated rings. The molecule has 1 aliphatic heterocycles. The number of benzene rings is 1. The molecule has 0 saturated carbocycles. The number of aliphatic hydroxyl groups is 1. The number of nitrogens with one attached hydrogen (secondary N) is 2. The van der Waals surface area contributed by atoms with Crippen LogP contribution in [0.25, 0.3) is 11.0 Å². The van der Waals surface area contributed by atoms with E-state index in [1.165, 1.54) is 12.1 Å². The standard InChI is InChI=1S/C14H16N4O5.ClH/c19-9-1-3-17(4-2-9)7-8-5-10-11(6-12(8)18(22)23)16-14(21)13(20)15-10;/h5-6,9,19H,1-4,7H2,(H,15,20)(H,16,21);1H. The first-order valence-electron chi connectivity index (χ1n) is 7.28. The van der Waals surface area contributed by atoms with Gasteiger partial charge in [0.2, 0.25) is 0 Å². The number of nitro groups is 1. The van der Waals surface area contributed by atoms with Gasteiger partial charge in [-0.15, -0.1) is 12.4 Å². The summed E-state index contributed by atoms with van der Waals surface area (Å²) in [7, 11) is 0. The van der Waals surface area contributed by atoms with Crippen molar-refractivity contribution in [3.63, 3.8) is 0 Å². The van der Waals surface area contributed by atoms with Crippen molar-refractivity contribution in [1.29, 1.82) is 0 Å². The monoisotopic (exact) mass is 356 g/mol. The molecule has 1 aliphatic rings. The Kier molecular flexibility index (Phi) is 5.37. The summed E-state index contributed by atoms with van der Waals surface area (Å²) < 4.78 is 0. The molecule has 0 spiro atoms. The van der Waals surface area contributed by atoms with Crippen molar-refractivity contribution < 1.29 is 10.0 Å². The minimum absolute atomic E-state index is 0. The maximum absolute atomic E-state index is 11.4. The van der Waals surface area contributed by atoms with E-state index in [0.717, 1.165) is 0 Å². The van der Waals surface area contributed by atoms with Crippen LogP contribution in [0.2, 0.25) is 0 Å². The molecule has 9 nitrogen and oxygen atoms in total. The van der Waals surface area contributed by atoms with Crippen molar-refractivity contribution in [1.82, 2.24) is 14.9 Å². The maximum Gasteiger partial charge on any atom is 0.314 e. The molecule has 2 aromatic rings. The number of H-pyrrole nitrogens is 2. The molecule has 24 heavy (non-hydrogen) atoms. The highest BCUT2D eigenvalue weighted by Gasteiger charge is 2.22. The normalized spacial score (nSPS) is 16.0. The van der Waals surface area contributed by atoms with Crippen LogP contribution in [0.4, 0.5) is 5.69 Å². The van der Waals surface area contributed by atoms with Crippen molar-refractivity contribution in [3.05, 3.63) is 48.5 Å². The van der Waals surface area contributed by atoms with Gasteiger partial charge in [-0.05, 0) is 18.9 Å². The zero-order chi connectivity index (χ0) is 16.6. The van der Waals surface area contributed by atoms with Crippen molar-refractivity contribution in [2.24, 2.45) is 0 Å². The lowest BCUT2D eigenvalue weighted by Gasteiger charge is -2.29. The number of aromatic nitrogens is 2. The van der Waals surface area contributed by atoms with E-state index in [1.807, 2.05) is 4.90 Å². The molecule has 0 unspecified atom stereocenters. The first kappa shape index (κ1) is 18.1. The Balaban J connectivity index is 0.00000208. The Morgan fingerprint density at radius 2 is 1.71 bits per heavy atom. The van der Waals surface area contributed by atoms with Crippen LogP contribution in [0.1, 0.15) is 18.4 Å². The first-order chi connectivity index (χ1) is 10.9. The molecule has 3 rings (SSSR count). The highest BCUT2D eigenvalue weighted by atomic mass is 35.5. The van der Waals surface area contributed by atoms with Crippen LogP contribution < -0.4 is 11.1 Å². The van der Waals surface area contributed by atoms with Gasteiger partial charge in [-0.2, -0.15) is 0 Å². The number of rotatable bonds is 3. The van der Waals surface area contributed by atoms with Gasteiger partial charge in [0.1, 0.15) is 0 Å². The van der Waals surface area contributed by atoms with E-state index in [4.69, 9.17) is 0 Å². The largest absolute Gasteiger partial charge is 0.393 e. The van der Waals surface area contributed by atoms with Gasteiger partial charge in [0.05, 0.1) is 22.1 Å². The quantitative estimate of drug-likeness (QED) is 0.417. The maximum atomic E-state index is 11.4. The Hall–Kier alpha value is -2.23. The van der Waals surface area contributed by atoms with Gasteiger partial charge in [0.25, 0.3) is 5.69 Å². The van der Waals surface area contributed by atoms with E-state index in [9.17, 15) is 24.8 Å². The van der Waals surface area contributed by atoms with E-state index >= 15 is 0 Å². The first-order valence-corrected chi connectivity index (χ1v) is 7.28. The van der Waals surface area contributed by atoms with Crippen LogP contribution in [-0.4, -0.2) is 44.1 Å². The van der Waals surface area contributed by atoms with Gasteiger partial charge in [-0.25, -0.2) is 0 Å². The molecule has 1 aromatic heterocycles. The topological polar surface area (TPSA) is 132 Å². The molecule has 0 atom stereocenters. The van der Waals surface area contributed by atoms with E-state index in [1.54, 1.807) is 0 Å². The fraction of sp³-hybridized carbons (Fsp3) is 0.429. The average molecular weight is 357 g/mol. The third-order valence-electron chi connectivity index (χ3n) is 4.07. The lowest BCUT2D eigenvalue weighted by Crippen LogP contribution is -2.35. The second kappa shape index (κ2) is 7.12. The zero-order valence-corrected chi connectivity index (χ0v) is 13.5. The number of halogens is 1. The summed E-state index contributed by atoms with van der Waals surface area (Å²) in [6, 6.07) is 2.79. The van der Waals surface area contributed by atoms with Crippen LogP contribution in [0, 0.1) is 10.1 Å². The molecule has 0 radical (unpaired) electrons. The Labute approximate surface area is 141 Å². The minimum atomic E-state index is -0.843. The van der Waals surface area contributed by atoms with Gasteiger partial charge in [0.15, 0.2) is 0 Å². The van der Waals surface area contributed by atoms with Gasteiger partial charge >= 0.3 is 11.1 Å². The number of hydrogen-bond donors (Lipinski definition) is 3. The Morgan fingerprint density at radius 3 is 2.25 bits per heavy atom. The number of hydrogen-bond acceptors (Lipinski definition) is 6. The molecule has 0 aliphatic carbocycles. The molecule has 0 bridgehead atoms. The lowest BCUT2D eigenvalue weighted by molar-refractivity contribution is -0.385. The summed E-state index contributed by atoms with van der Waals surface area (Å²) in [6.07, 6.45) is 0.941. The van der Waals surface area contributed by atoms with Crippen molar-refractivity contribution in [3.8, 4) is 0 Å². The van der Waals surface area contributed by atoms with Crippen molar-refractivity contribution in [2.45, 2.75) is 25.5 Å². The SMILES string of the molecule is Cl.O=c1[nH]c2cc(CN3CCC(O)CC3)c([N+](=O)[O-])cc2[nH]c1=O. The molecular formula is C14H17ClN4O5. The molecular weight excluding hydrogens is 340 g/mol. The summed E-state index contributed by atoms with van der Waals surface area (Å²) in [5, 5.41) is 20.8. The summed E-state index contributed by atoms with van der Waals surface area (Å²) in [5.41, 5.74) is -0.706. The molecule has 10 heteroatoms. The number of aliphatic hydroxyl groups excluding tert-OH is 1.